The number of halogens is 3. The van der Waals surface area contributed by atoms with Crippen LogP contribution in [0, 0.1) is 38.2 Å². The minimum atomic E-state index is -4.44. The molecule has 6 aromatic heterocycles. The highest BCUT2D eigenvalue weighted by molar-refractivity contribution is 7.99. The topological polar surface area (TPSA) is 415 Å². The number of ether oxygens (including phenoxy) is 3. The molecule has 6 fully saturated rings. The highest BCUT2D eigenvalue weighted by Gasteiger charge is 2.49. The normalized spacial score (nSPS) is 48.7. The van der Waals surface area contributed by atoms with Gasteiger partial charge in [0.2, 0.25) is 0 Å². The van der Waals surface area contributed by atoms with E-state index in [1.54, 1.807) is 0 Å². The van der Waals surface area contributed by atoms with Gasteiger partial charge in [-0.05, 0) is 111 Å². The molecule has 12 N–H and O–H groups in total. The Bertz CT molecular complexity index is 7330. The van der Waals surface area contributed by atoms with Crippen molar-refractivity contribution in [3.8, 4) is 0 Å². The second-order valence-electron chi connectivity index (χ2n) is 21.9. The standard InChI is InChI=1S/3C24H31FN6O4S/c3*1-3-8-36-24-27-22(26-16-10-14(16)13-5-4-12(2)15(25)9-13)19-23(28-24)31(30-29-19)17-11-18(35-7-6-32)21(34)20(17)33/h3*4-5,9,14,16-18,20-21,32-34H,3,6-8,10-11H2,1-2H3,(H,26,27,28)/t3*14-,16+,17+,18-,20-,21+/m000/s1/i4D,5D,6D2,7D2,8D2,9D,10D2,11D2,14D,17D,18D,20D,21D;3D2,4D,5D,6D2,8D2,9D,10D2,11D2,14D,17D,18D,20D,21D;3D2,4D,5D,8D2,9D,10D2,11D2,14D,17D,18D,20D,21D. The highest BCUT2D eigenvalue weighted by atomic mass is 32.2. The third-order valence-electron chi connectivity index (χ3n) is 14.8. The van der Waals surface area contributed by atoms with Crippen molar-refractivity contribution in [1.29, 1.82) is 0 Å². The molecule has 6 aliphatic rings. The van der Waals surface area contributed by atoms with Gasteiger partial charge in [-0.1, -0.05) is 108 Å². The Morgan fingerprint density at radius 1 is 0.481 bits per heavy atom. The molecule has 582 valence electrons. The Balaban J connectivity index is 0.000000198. The van der Waals surface area contributed by atoms with Crippen LogP contribution in [0.4, 0.5) is 30.6 Å². The molecule has 0 unspecified atom stereocenters. The zero-order valence-corrected chi connectivity index (χ0v) is 58.3. The summed E-state index contributed by atoms with van der Waals surface area (Å²) in [4.78, 5) is 24.2. The molecule has 15 rings (SSSR count). The van der Waals surface area contributed by atoms with Gasteiger partial charge in [0.1, 0.15) is 53.9 Å². The molecular weight excluding hydrogens is 1460 g/mol. The SMILES string of the molecule is [2H]c1c([2H])c([C@@]2([2H])[C@H](Nc3nc(SC([2H])([2H])C([2H])([2H])C)nc4c3nnn4[C@]3([2H])C([2H])([2H])[C@]([2H])(OCC([2H])([2H])O)[C@@]([2H])(O)[C@@]3([2H])O)C2([2H])[2H])c([2H])c(F)c1C.[2H]c1c([2H])c([C@@]2([2H])[C@H](Nc3nc(SC([2H])([2H])C([2H])([2H])C)nc4c3nnn4[C@]3([2H])C([2H])([2H])[C@]([2H])(OCCO)[C@@]([2H])(O)[C@@]3([2H])O)C2([2H])[2H])c([2H])c(F)c1C.[2H]c1c([2H])c([C@@]2([2H])[C@H](Nc3nc(SC([2H])([2H])CC)nc4c3nnn4[C@]3([2H])C([2H])([2H])[C@]([2H])(OC([2H])([2H])C([2H])([2H])O)[C@@]([2H])(O)[C@@]3([2H])O)C2([2H])[2H])c([2H])c(F)c1C. The number of aromatic nitrogens is 15. The van der Waals surface area contributed by atoms with Gasteiger partial charge in [-0.2, -0.15) is 0 Å². The average Bonchev–Trinajstić information content (AvgIpc) is 1.48. The van der Waals surface area contributed by atoms with Gasteiger partial charge in [0, 0.05) is 106 Å². The van der Waals surface area contributed by atoms with Crippen molar-refractivity contribution >= 4 is 86.2 Å². The molecule has 36 heteroatoms. The molecule has 30 nitrogen and oxygen atoms in total. The molecule has 108 heavy (non-hydrogen) atoms. The number of fused-ring (bicyclic) bond motifs is 3. The fourth-order valence-corrected chi connectivity index (χ4v) is 10.9. The molecule has 6 saturated carbocycles. The van der Waals surface area contributed by atoms with Crippen LogP contribution < -0.4 is 16.0 Å². The second-order valence-corrected chi connectivity index (χ2v) is 24.3. The van der Waals surface area contributed by atoms with Crippen LogP contribution in [0.5, 0.6) is 0 Å². The Labute approximate surface area is 706 Å². The number of aliphatic hydroxyl groups excluding tert-OH is 1. The van der Waals surface area contributed by atoms with Crippen LogP contribution in [0.3, 0.4) is 0 Å². The zero-order chi connectivity index (χ0) is 123. The summed E-state index contributed by atoms with van der Waals surface area (Å²) in [5.41, 5.74) is -16.6. The van der Waals surface area contributed by atoms with Crippen LogP contribution >= 0.6 is 35.3 Å². The van der Waals surface area contributed by atoms with E-state index in [2.05, 4.69) is 81.5 Å². The lowest BCUT2D eigenvalue weighted by Gasteiger charge is -2.17. The third-order valence-corrected chi connectivity index (χ3v) is 16.9. The van der Waals surface area contributed by atoms with Crippen LogP contribution in [0.2, 0.25) is 0 Å². The Kier molecular flexibility index (Phi) is 12.0. The first kappa shape index (κ1) is 37.0. The summed E-state index contributed by atoms with van der Waals surface area (Å²) >= 11 is 0.270. The Hall–Kier alpha value is -7.14. The van der Waals surface area contributed by atoms with Crippen molar-refractivity contribution in [2.45, 2.75) is 223 Å². The first-order chi connectivity index (χ1) is 71.5. The number of rotatable bonds is 30. The molecule has 6 aliphatic carbocycles. The number of hydrogen-bond acceptors (Lipinski definition) is 30. The molecule has 18 atom stereocenters. The maximum absolute atomic E-state index is 14.9. The van der Waals surface area contributed by atoms with Crippen molar-refractivity contribution < 1.29 is 145 Å². The van der Waals surface area contributed by atoms with E-state index in [1.165, 1.54) is 6.92 Å². The lowest BCUT2D eigenvalue weighted by molar-refractivity contribution is -0.0629. The van der Waals surface area contributed by atoms with Gasteiger partial charge in [-0.25, -0.2) is 57.1 Å². The summed E-state index contributed by atoms with van der Waals surface area (Å²) < 4.78 is 493. The van der Waals surface area contributed by atoms with Crippen LogP contribution in [0.1, 0.15) is 219 Å². The fourth-order valence-electron chi connectivity index (χ4n) is 9.48. The first-order valence-electron chi connectivity index (χ1n) is 56.9. The van der Waals surface area contributed by atoms with Crippen molar-refractivity contribution in [3.05, 3.63) is 105 Å². The van der Waals surface area contributed by atoms with Gasteiger partial charge in [-0.15, -0.1) is 15.3 Å². The number of nitrogens with zero attached hydrogens (tertiary/aromatic N) is 15. The van der Waals surface area contributed by atoms with Crippen molar-refractivity contribution in [2.75, 3.05) is 72.6 Å². The number of nitrogens with one attached hydrogen (secondary N) is 3. The molecule has 0 spiro atoms. The minimum absolute atomic E-state index is 0.0119. The summed E-state index contributed by atoms with van der Waals surface area (Å²) in [6.45, 7) is -8.48. The number of benzene rings is 3. The molecule has 0 radical (unpaired) electrons. The van der Waals surface area contributed by atoms with E-state index in [9.17, 15) is 59.1 Å². The third kappa shape index (κ3) is 17.5. The largest absolute Gasteiger partial charge is 0.394 e. The van der Waals surface area contributed by atoms with E-state index >= 15 is 0 Å². The first-order valence-corrected chi connectivity index (χ1v) is 33.4. The number of thioether (sulfide) groups is 3. The number of hydrogen-bond donors (Lipinski definition) is 12. The van der Waals surface area contributed by atoms with E-state index < -0.39 is 388 Å². The molecule has 6 heterocycles. The van der Waals surface area contributed by atoms with Gasteiger partial charge in [0.05, 0.1) is 113 Å². The second kappa shape index (κ2) is 35.1. The summed E-state index contributed by atoms with van der Waals surface area (Å²) in [5, 5.41) is 122. The lowest BCUT2D eigenvalue weighted by Crippen LogP contribution is -2.33. The molecule has 0 bridgehead atoms. The highest BCUT2D eigenvalue weighted by Crippen LogP contribution is 2.48. The van der Waals surface area contributed by atoms with Crippen LogP contribution in [-0.4, -0.2) is 250 Å². The average molecular weight is 1610 g/mol. The molecule has 0 aliphatic heterocycles. The van der Waals surface area contributed by atoms with Crippen molar-refractivity contribution in [2.24, 2.45) is 0 Å². The van der Waals surface area contributed by atoms with Gasteiger partial charge >= 0.3 is 0 Å². The van der Waals surface area contributed by atoms with E-state index in [4.69, 9.17) is 80.8 Å². The van der Waals surface area contributed by atoms with Crippen molar-refractivity contribution in [3.63, 3.8) is 0 Å². The summed E-state index contributed by atoms with van der Waals surface area (Å²) in [7, 11) is 0. The fraction of sp³-hybridized carbons (Fsp3) is 0.583. The van der Waals surface area contributed by atoms with E-state index in [0.717, 1.165) is 34.6 Å². The Morgan fingerprint density at radius 3 is 1.15 bits per heavy atom. The molecule has 0 amide bonds. The van der Waals surface area contributed by atoms with Crippen molar-refractivity contribution in [1.82, 2.24) is 74.9 Å². The molecule has 3 aromatic carbocycles. The van der Waals surface area contributed by atoms with Gasteiger partial charge in [0.15, 0.2) is 66.4 Å². The summed E-state index contributed by atoms with van der Waals surface area (Å²) in [6.07, 6.45) is -63.3. The van der Waals surface area contributed by atoms with E-state index in [0.29, 0.717) is 0 Å². The van der Waals surface area contributed by atoms with Crippen LogP contribution in [0.15, 0.2) is 69.9 Å². The Morgan fingerprint density at radius 2 is 0.824 bits per heavy atom. The minimum Gasteiger partial charge on any atom is -0.394 e. The summed E-state index contributed by atoms with van der Waals surface area (Å²) in [6, 6.07) is -25.2. The quantitative estimate of drug-likeness (QED) is 0.0168. The number of aliphatic hydroxyl groups is 9. The monoisotopic (exact) mass is 1610 g/mol. The van der Waals surface area contributed by atoms with Crippen LogP contribution in [-0.2, 0) is 14.2 Å². The maximum atomic E-state index is 14.9. The van der Waals surface area contributed by atoms with Crippen LogP contribution in [0.25, 0.3) is 33.5 Å². The summed E-state index contributed by atoms with van der Waals surface area (Å²) in [5.74, 6) is -14.0. The smallest absolute Gasteiger partial charge is 0.191 e. The molecule has 0 saturated heterocycles. The lowest BCUT2D eigenvalue weighted by atomic mass is 10.1. The van der Waals surface area contributed by atoms with Gasteiger partial charge < -0.3 is 76.1 Å². The maximum Gasteiger partial charge on any atom is 0.191 e. The predicted molar refractivity (Wildman–Crippen MR) is 398 cm³/mol. The zero-order valence-electron chi connectivity index (χ0n) is 108. The number of anilines is 3. The van der Waals surface area contributed by atoms with E-state index in [1.807, 2.05) is 0 Å². The molecule has 9 aromatic rings. The van der Waals surface area contributed by atoms with Gasteiger partial charge in [-0.3, -0.25) is 0 Å². The predicted octanol–water partition coefficient (Wildman–Crippen LogP) is 6.55. The van der Waals surface area contributed by atoms with E-state index in [-0.39, 0.29) is 55.8 Å². The van der Waals surface area contributed by atoms with Gasteiger partial charge in [0.25, 0.3) is 0 Å². The molecular formula is C72H93F3N18O12S3.